The van der Waals surface area contributed by atoms with Gasteiger partial charge in [0.25, 0.3) is 0 Å². The summed E-state index contributed by atoms with van der Waals surface area (Å²) in [5.74, 6) is 1.33. The van der Waals surface area contributed by atoms with Crippen molar-refractivity contribution >= 4 is 0 Å². The summed E-state index contributed by atoms with van der Waals surface area (Å²) in [6, 6.07) is 12.9. The van der Waals surface area contributed by atoms with Crippen LogP contribution in [0.2, 0.25) is 0 Å². The van der Waals surface area contributed by atoms with Crippen LogP contribution in [0.1, 0.15) is 49.3 Å². The minimum Gasteiger partial charge on any atom is -0.493 e. The van der Waals surface area contributed by atoms with E-state index in [1.807, 2.05) is 18.2 Å². The van der Waals surface area contributed by atoms with Crippen molar-refractivity contribution in [1.82, 2.24) is 4.90 Å². The van der Waals surface area contributed by atoms with Crippen LogP contribution in [0.25, 0.3) is 0 Å². The predicted octanol–water partition coefficient (Wildman–Crippen LogP) is 4.71. The van der Waals surface area contributed by atoms with Gasteiger partial charge in [0.2, 0.25) is 0 Å². The second kappa shape index (κ2) is 8.33. The lowest BCUT2D eigenvalue weighted by molar-refractivity contribution is -0.126. The van der Waals surface area contributed by atoms with Gasteiger partial charge < -0.3 is 14.6 Å². The topological polar surface area (TPSA) is 41.9 Å². The van der Waals surface area contributed by atoms with Crippen LogP contribution in [-0.4, -0.2) is 36.4 Å². The van der Waals surface area contributed by atoms with E-state index in [0.717, 1.165) is 49.8 Å². The number of piperidine rings is 1. The lowest BCUT2D eigenvalue weighted by Crippen LogP contribution is -2.54. The van der Waals surface area contributed by atoms with Gasteiger partial charge in [-0.2, -0.15) is 0 Å². The molecule has 2 aliphatic rings. The average molecular weight is 400 g/mol. The van der Waals surface area contributed by atoms with Gasteiger partial charge in [0, 0.05) is 25.0 Å². The van der Waals surface area contributed by atoms with Crippen LogP contribution in [0.15, 0.2) is 42.5 Å². The molecule has 1 aliphatic heterocycles. The van der Waals surface area contributed by atoms with Gasteiger partial charge in [0.15, 0.2) is 11.5 Å². The van der Waals surface area contributed by atoms with Crippen molar-refractivity contribution in [3.05, 3.63) is 59.4 Å². The second-order valence-corrected chi connectivity index (χ2v) is 8.37. The molecule has 5 heteroatoms. The Morgan fingerprint density at radius 3 is 2.66 bits per heavy atom. The van der Waals surface area contributed by atoms with E-state index >= 15 is 0 Å². The fraction of sp³-hybridized carbons (Fsp3) is 0.500. The Hall–Kier alpha value is -2.11. The van der Waals surface area contributed by atoms with Gasteiger partial charge in [0.1, 0.15) is 5.82 Å². The maximum absolute atomic E-state index is 13.8. The van der Waals surface area contributed by atoms with E-state index in [-0.39, 0.29) is 17.8 Å². The number of rotatable bonds is 5. The van der Waals surface area contributed by atoms with E-state index in [1.165, 1.54) is 6.07 Å². The quantitative estimate of drug-likeness (QED) is 0.791. The van der Waals surface area contributed by atoms with Gasteiger partial charge in [0.05, 0.1) is 19.8 Å². The number of likely N-dealkylation sites (tertiary alicyclic amines) is 1. The molecule has 29 heavy (non-hydrogen) atoms. The van der Waals surface area contributed by atoms with E-state index in [2.05, 4.69) is 11.0 Å². The van der Waals surface area contributed by atoms with E-state index in [9.17, 15) is 9.50 Å². The van der Waals surface area contributed by atoms with Crippen LogP contribution in [0, 0.1) is 11.7 Å². The second-order valence-electron chi connectivity index (χ2n) is 8.37. The van der Waals surface area contributed by atoms with Gasteiger partial charge in [-0.05, 0) is 54.7 Å². The van der Waals surface area contributed by atoms with Crippen LogP contribution in [-0.2, 0) is 6.54 Å². The molecule has 0 unspecified atom stereocenters. The van der Waals surface area contributed by atoms with Crippen molar-refractivity contribution in [3.63, 3.8) is 0 Å². The molecule has 156 valence electrons. The van der Waals surface area contributed by atoms with Gasteiger partial charge >= 0.3 is 0 Å². The fourth-order valence-corrected chi connectivity index (χ4v) is 5.27. The molecule has 0 spiro atoms. The summed E-state index contributed by atoms with van der Waals surface area (Å²) >= 11 is 0. The molecule has 2 aromatic rings. The third-order valence-electron chi connectivity index (χ3n) is 6.70. The molecule has 0 amide bonds. The minimum absolute atomic E-state index is 0.0529. The molecule has 0 radical (unpaired) electrons. The van der Waals surface area contributed by atoms with Crippen molar-refractivity contribution in [2.75, 3.05) is 20.8 Å². The molecule has 2 aromatic carbocycles. The zero-order chi connectivity index (χ0) is 20.4. The fourth-order valence-electron chi connectivity index (χ4n) is 5.27. The first-order chi connectivity index (χ1) is 14.0. The number of methoxy groups -OCH3 is 2. The number of hydrogen-bond acceptors (Lipinski definition) is 4. The normalized spacial score (nSPS) is 27.3. The molecule has 0 bridgehead atoms. The first-order valence-corrected chi connectivity index (χ1v) is 10.5. The van der Waals surface area contributed by atoms with Gasteiger partial charge in [-0.1, -0.05) is 31.0 Å². The van der Waals surface area contributed by atoms with Crippen molar-refractivity contribution in [2.24, 2.45) is 5.92 Å². The summed E-state index contributed by atoms with van der Waals surface area (Å²) in [5, 5.41) is 11.4. The van der Waals surface area contributed by atoms with E-state index in [4.69, 9.17) is 9.47 Å². The summed E-state index contributed by atoms with van der Waals surface area (Å²) in [6.45, 7) is 1.44. The molecule has 1 N–H and O–H groups in total. The summed E-state index contributed by atoms with van der Waals surface area (Å²) in [7, 11) is 3.28. The highest BCUT2D eigenvalue weighted by molar-refractivity contribution is 5.44. The van der Waals surface area contributed by atoms with Gasteiger partial charge in [-0.25, -0.2) is 4.39 Å². The molecule has 1 saturated carbocycles. The number of benzene rings is 2. The van der Waals surface area contributed by atoms with Crippen molar-refractivity contribution in [2.45, 2.75) is 50.3 Å². The Kier molecular flexibility index (Phi) is 5.79. The molecule has 1 aliphatic carbocycles. The Balaban J connectivity index is 1.72. The first-order valence-electron chi connectivity index (χ1n) is 10.5. The molecular weight excluding hydrogens is 369 g/mol. The average Bonchev–Trinajstić information content (AvgIpc) is 2.73. The van der Waals surface area contributed by atoms with E-state index < -0.39 is 5.60 Å². The van der Waals surface area contributed by atoms with E-state index in [0.29, 0.717) is 18.0 Å². The highest BCUT2D eigenvalue weighted by Gasteiger charge is 2.48. The van der Waals surface area contributed by atoms with Crippen LogP contribution in [0.4, 0.5) is 4.39 Å². The molecule has 3 atom stereocenters. The monoisotopic (exact) mass is 399 g/mol. The number of hydrogen-bond donors (Lipinski definition) is 1. The van der Waals surface area contributed by atoms with Crippen molar-refractivity contribution < 1.29 is 19.0 Å². The summed E-state index contributed by atoms with van der Waals surface area (Å²) in [4.78, 5) is 2.39. The number of ether oxygens (including phenoxy) is 2. The standard InChI is InChI=1S/C24H30FNO3/c1-28-21-10-9-18(15-22(21)29-2)23-20-8-3-4-11-24(20,27)12-13-26(23)16-17-6-5-7-19(25)14-17/h5-7,9-10,14-15,20,23,27H,3-4,8,11-13,16H2,1-2H3/t20-,23-,24-/m0/s1. The van der Waals surface area contributed by atoms with E-state index in [1.54, 1.807) is 26.4 Å². The third kappa shape index (κ3) is 3.99. The molecule has 1 heterocycles. The lowest BCUT2D eigenvalue weighted by Gasteiger charge is -2.53. The highest BCUT2D eigenvalue weighted by atomic mass is 19.1. The SMILES string of the molecule is COc1ccc([C@H]2[C@@H]3CCCC[C@]3(O)CCN2Cc2cccc(F)c2)cc1OC. The Bertz CT molecular complexity index is 858. The molecule has 4 nitrogen and oxygen atoms in total. The molecular formula is C24H30FNO3. The zero-order valence-corrected chi connectivity index (χ0v) is 17.2. The van der Waals surface area contributed by atoms with Crippen molar-refractivity contribution in [1.29, 1.82) is 0 Å². The first kappa shape index (κ1) is 20.2. The van der Waals surface area contributed by atoms with Crippen molar-refractivity contribution in [3.8, 4) is 11.5 Å². The molecule has 0 aromatic heterocycles. The maximum Gasteiger partial charge on any atom is 0.161 e. The third-order valence-corrected chi connectivity index (χ3v) is 6.70. The maximum atomic E-state index is 13.8. The number of fused-ring (bicyclic) bond motifs is 1. The lowest BCUT2D eigenvalue weighted by atomic mass is 9.66. The van der Waals surface area contributed by atoms with Crippen LogP contribution >= 0.6 is 0 Å². The van der Waals surface area contributed by atoms with Crippen LogP contribution in [0.5, 0.6) is 11.5 Å². The summed E-state index contributed by atoms with van der Waals surface area (Å²) in [6.07, 6.45) is 4.82. The van der Waals surface area contributed by atoms with Gasteiger partial charge in [-0.3, -0.25) is 4.90 Å². The number of nitrogens with zero attached hydrogens (tertiary/aromatic N) is 1. The molecule has 4 rings (SSSR count). The van der Waals surface area contributed by atoms with Gasteiger partial charge in [-0.15, -0.1) is 0 Å². The van der Waals surface area contributed by atoms with Crippen LogP contribution < -0.4 is 9.47 Å². The smallest absolute Gasteiger partial charge is 0.161 e. The molecule has 2 fully saturated rings. The Labute approximate surface area is 172 Å². The Morgan fingerprint density at radius 1 is 1.07 bits per heavy atom. The highest BCUT2D eigenvalue weighted by Crippen LogP contribution is 2.50. The minimum atomic E-state index is -0.630. The molecule has 1 saturated heterocycles. The zero-order valence-electron chi connectivity index (χ0n) is 17.2. The van der Waals surface area contributed by atoms with Crippen LogP contribution in [0.3, 0.4) is 0 Å². The largest absolute Gasteiger partial charge is 0.493 e. The number of halogens is 1. The summed E-state index contributed by atoms with van der Waals surface area (Å²) < 4.78 is 24.7. The predicted molar refractivity (Wildman–Crippen MR) is 111 cm³/mol. The number of aliphatic hydroxyl groups is 1. The Morgan fingerprint density at radius 2 is 1.90 bits per heavy atom. The summed E-state index contributed by atoms with van der Waals surface area (Å²) in [5.41, 5.74) is 1.44.